The second kappa shape index (κ2) is 16.7. The van der Waals surface area contributed by atoms with E-state index in [1.165, 1.54) is 0 Å². The van der Waals surface area contributed by atoms with Crippen molar-refractivity contribution in [3.8, 4) is 0 Å². The summed E-state index contributed by atoms with van der Waals surface area (Å²) in [4.78, 5) is 0. The molecule has 0 spiro atoms. The van der Waals surface area contributed by atoms with Crippen LogP contribution in [0.4, 0.5) is 0 Å². The molecule has 10 heavy (non-hydrogen) atoms. The van der Waals surface area contributed by atoms with Crippen molar-refractivity contribution < 1.29 is 43.6 Å². The Morgan fingerprint density at radius 2 is 0.800 bits per heavy atom. The van der Waals surface area contributed by atoms with Gasteiger partial charge in [0, 0.05) is 0 Å². The van der Waals surface area contributed by atoms with Gasteiger partial charge >= 0.3 is 96.5 Å². The summed E-state index contributed by atoms with van der Waals surface area (Å²) in [6.45, 7) is 0. The van der Waals surface area contributed by atoms with Gasteiger partial charge in [0.25, 0.3) is 0 Å². The molecule has 0 heterocycles. The largest absolute Gasteiger partial charge is 2.00 e. The Kier molecular flexibility index (Phi) is 37.6. The van der Waals surface area contributed by atoms with E-state index in [2.05, 4.69) is 0 Å². The first kappa shape index (κ1) is 22.5. The van der Waals surface area contributed by atoms with Gasteiger partial charge in [-0.15, -0.1) is 0 Å². The van der Waals surface area contributed by atoms with Crippen molar-refractivity contribution in [2.75, 3.05) is 0 Å². The molecule has 10 heteroatoms. The summed E-state index contributed by atoms with van der Waals surface area (Å²) in [5.74, 6) is 0. The quantitative estimate of drug-likeness (QED) is 0.407. The molecule has 0 aliphatic carbocycles. The van der Waals surface area contributed by atoms with E-state index in [0.29, 0.717) is 0 Å². The zero-order valence-electron chi connectivity index (χ0n) is 4.86. The molecular weight excluding hydrogens is 331 g/mol. The number of hydrogen-bond acceptors (Lipinski definition) is 6. The monoisotopic (exact) mass is 332 g/mol. The van der Waals surface area contributed by atoms with Crippen molar-refractivity contribution in [2.24, 2.45) is 0 Å². The van der Waals surface area contributed by atoms with Crippen LogP contribution in [0.25, 0.3) is 0 Å². The molecule has 0 saturated heterocycles. The summed E-state index contributed by atoms with van der Waals surface area (Å²) in [6, 6.07) is 0. The van der Waals surface area contributed by atoms with Crippen LogP contribution in [0.5, 0.6) is 0 Å². The molecule has 6 nitrogen and oxygen atoms in total. The third-order valence-corrected chi connectivity index (χ3v) is 0. The minimum atomic E-state index is -4.08. The van der Waals surface area contributed by atoms with Crippen LogP contribution in [-0.2, 0) is 27.0 Å². The Morgan fingerprint density at radius 1 is 0.800 bits per heavy atom. The molecule has 48 valence electrons. The third-order valence-electron chi connectivity index (χ3n) is 0. The topological polar surface area (TPSA) is 126 Å². The van der Waals surface area contributed by atoms with Gasteiger partial charge in [-0.05, 0) is 0 Å². The van der Waals surface area contributed by atoms with Crippen LogP contribution in [-0.4, -0.2) is 53.0 Å². The first-order valence-electron chi connectivity index (χ1n) is 1.22. The standard InChI is InChI=1S/2GeO3.Mg.Zn/c2*2-1(3)4;;/q2*-2;2*+2. The predicted molar refractivity (Wildman–Crippen MR) is 18.6 cm³/mol. The molecule has 0 aliphatic heterocycles. The van der Waals surface area contributed by atoms with Gasteiger partial charge in [0.1, 0.15) is 0 Å². The minimum Gasteiger partial charge on any atom is 2.00 e. The first-order valence-corrected chi connectivity index (χ1v) is 6.36. The first-order chi connectivity index (χ1) is 3.46. The SMILES string of the molecule is [Mg+2].[O]=[Ge]([O-])[O-].[O]=[Ge]([O-])[O-].[Zn+2]. The van der Waals surface area contributed by atoms with Crippen molar-refractivity contribution in [3.63, 3.8) is 0 Å². The normalized spacial score (nSPS) is 4.80. The van der Waals surface area contributed by atoms with Gasteiger partial charge in [0.15, 0.2) is 0 Å². The number of hydrogen-bond donors (Lipinski definition) is 0. The van der Waals surface area contributed by atoms with Gasteiger partial charge < -0.3 is 0 Å². The van der Waals surface area contributed by atoms with Gasteiger partial charge in [0.2, 0.25) is 0 Å². The molecule has 0 fully saturated rings. The van der Waals surface area contributed by atoms with Crippen LogP contribution in [0.1, 0.15) is 0 Å². The smallest absolute Gasteiger partial charge is 2.00 e. The summed E-state index contributed by atoms with van der Waals surface area (Å²) in [5, 5.41) is 0. The molecule has 0 rings (SSSR count). The zero-order chi connectivity index (χ0) is 7.15. The second-order valence-electron chi connectivity index (χ2n) is 0.500. The van der Waals surface area contributed by atoms with Crippen LogP contribution in [0.2, 0.25) is 0 Å². The van der Waals surface area contributed by atoms with E-state index >= 15 is 0 Å². The minimum absolute atomic E-state index is 0. The van der Waals surface area contributed by atoms with E-state index in [9.17, 15) is 0 Å². The van der Waals surface area contributed by atoms with Crippen LogP contribution >= 0.6 is 0 Å². The maximum absolute atomic E-state index is 8.58. The van der Waals surface area contributed by atoms with Gasteiger partial charge in [-0.1, -0.05) is 0 Å². The Morgan fingerprint density at radius 3 is 0.800 bits per heavy atom. The van der Waals surface area contributed by atoms with Crippen molar-refractivity contribution in [1.29, 1.82) is 0 Å². The van der Waals surface area contributed by atoms with Crippen molar-refractivity contribution in [1.82, 2.24) is 0 Å². The van der Waals surface area contributed by atoms with Crippen molar-refractivity contribution in [3.05, 3.63) is 0 Å². The number of rotatable bonds is 0. The van der Waals surface area contributed by atoms with Crippen LogP contribution < -0.4 is 16.5 Å². The average Bonchev–Trinajstić information content (AvgIpc) is 1.25. The molecule has 0 aromatic heterocycles. The molecule has 0 unspecified atom stereocenters. The molecule has 0 saturated carbocycles. The van der Waals surface area contributed by atoms with E-state index in [0.717, 1.165) is 0 Å². The molecular formula is Ge2MgO6Zn. The Hall–Kier alpha value is 1.28. The fourth-order valence-electron chi connectivity index (χ4n) is 0. The fraction of sp³-hybridized carbons (Fsp3) is 0. The second-order valence-corrected chi connectivity index (χ2v) is 2.60. The molecule has 0 bridgehead atoms. The molecule has 0 atom stereocenters. The summed E-state index contributed by atoms with van der Waals surface area (Å²) >= 11 is -8.17. The predicted octanol–water partition coefficient (Wildman–Crippen LogP) is -6.14. The van der Waals surface area contributed by atoms with E-state index in [-0.39, 0.29) is 42.5 Å². The van der Waals surface area contributed by atoms with E-state index < -0.39 is 29.9 Å². The summed E-state index contributed by atoms with van der Waals surface area (Å²) in [7, 11) is 0. The van der Waals surface area contributed by atoms with Crippen LogP contribution in [0, 0.1) is 0 Å². The van der Waals surface area contributed by atoms with Crippen molar-refractivity contribution in [2.45, 2.75) is 0 Å². The molecule has 0 aromatic rings. The van der Waals surface area contributed by atoms with Gasteiger partial charge in [-0.25, -0.2) is 0 Å². The molecule has 0 amide bonds. The molecule has 0 N–H and O–H groups in total. The molecule has 0 radical (unpaired) electrons. The maximum atomic E-state index is 8.58. The Balaban J connectivity index is -0.0000000300. The van der Waals surface area contributed by atoms with E-state index in [1.807, 2.05) is 0 Å². The van der Waals surface area contributed by atoms with Gasteiger partial charge in [0.05, 0.1) is 0 Å². The van der Waals surface area contributed by atoms with E-state index in [4.69, 9.17) is 24.1 Å². The van der Waals surface area contributed by atoms with Crippen molar-refractivity contribution >= 4 is 53.0 Å². The summed E-state index contributed by atoms with van der Waals surface area (Å²) in [5.41, 5.74) is 0. The fourth-order valence-corrected chi connectivity index (χ4v) is 0. The Labute approximate surface area is 95.6 Å². The molecule has 0 aliphatic rings. The van der Waals surface area contributed by atoms with Crippen LogP contribution in [0.15, 0.2) is 0 Å². The molecule has 0 aromatic carbocycles. The zero-order valence-corrected chi connectivity index (χ0v) is 13.4. The van der Waals surface area contributed by atoms with Crippen LogP contribution in [0.3, 0.4) is 0 Å². The average molecular weight is 331 g/mol. The van der Waals surface area contributed by atoms with Gasteiger partial charge in [-0.3, -0.25) is 0 Å². The van der Waals surface area contributed by atoms with E-state index in [1.54, 1.807) is 0 Å². The summed E-state index contributed by atoms with van der Waals surface area (Å²) < 4.78 is 51.5. The third kappa shape index (κ3) is 391. The maximum Gasteiger partial charge on any atom is 2.00 e. The summed E-state index contributed by atoms with van der Waals surface area (Å²) in [6.07, 6.45) is 0. The van der Waals surface area contributed by atoms with Gasteiger partial charge in [-0.2, -0.15) is 0 Å². The Bertz CT molecular complexity index is 73.7.